The van der Waals surface area contributed by atoms with Crippen molar-refractivity contribution in [2.45, 2.75) is 31.7 Å². The highest BCUT2D eigenvalue weighted by atomic mass is 127. The number of piperidine rings is 1. The van der Waals surface area contributed by atoms with Crippen LogP contribution in [0.25, 0.3) is 0 Å². The van der Waals surface area contributed by atoms with E-state index in [0.717, 1.165) is 46.3 Å². The van der Waals surface area contributed by atoms with Crippen LogP contribution in [0.2, 0.25) is 0 Å². The maximum atomic E-state index is 12.9. The molecule has 0 saturated carbocycles. The lowest BCUT2D eigenvalue weighted by molar-refractivity contribution is 0.0668. The zero-order chi connectivity index (χ0) is 19.7. The summed E-state index contributed by atoms with van der Waals surface area (Å²) in [6, 6.07) is 5.78. The van der Waals surface area contributed by atoms with Gasteiger partial charge >= 0.3 is 0 Å². The number of fused-ring (bicyclic) bond motifs is 3. The fourth-order valence-corrected chi connectivity index (χ4v) is 5.87. The standard InChI is InChI=1S/C21H23IN4O2/c1-3-24(21(28)25(4-2)18-14-23-12-11-22-18)16-10-7-8-15-19(16)17-9-5-6-13-26(17)20(15)27/h3-4,7-8,10-12,14,17,21,28H,1-2,5-6,9,13H2. The number of aliphatic imine (C=N–C) groups is 1. The topological polar surface area (TPSA) is 59.4 Å². The number of halogens is 1. The molecule has 146 valence electrons. The van der Waals surface area contributed by atoms with Gasteiger partial charge in [0, 0.05) is 36.3 Å². The molecule has 0 radical (unpaired) electrons. The van der Waals surface area contributed by atoms with Gasteiger partial charge in [0.2, 0.25) is 6.35 Å². The van der Waals surface area contributed by atoms with Crippen LogP contribution in [0.5, 0.6) is 0 Å². The van der Waals surface area contributed by atoms with Gasteiger partial charge < -0.3 is 14.9 Å². The first-order valence-corrected chi connectivity index (χ1v) is 11.6. The number of carbonyl (C=O) groups is 1. The summed E-state index contributed by atoms with van der Waals surface area (Å²) < 4.78 is 2.98. The predicted molar refractivity (Wildman–Crippen MR) is 121 cm³/mol. The number of nitrogens with zero attached hydrogens (tertiary/aromatic N) is 4. The number of benzene rings is 1. The third-order valence-electron chi connectivity index (χ3n) is 5.32. The predicted octanol–water partition coefficient (Wildman–Crippen LogP) is 3.69. The number of hydrogen-bond acceptors (Lipinski definition) is 5. The van der Waals surface area contributed by atoms with Crippen molar-refractivity contribution in [3.63, 3.8) is 0 Å². The molecular formula is C21H23IN4O2. The van der Waals surface area contributed by atoms with E-state index in [-0.39, 0.29) is 11.9 Å². The van der Waals surface area contributed by atoms with E-state index in [1.54, 1.807) is 34.6 Å². The van der Waals surface area contributed by atoms with Crippen LogP contribution in [0.3, 0.4) is 0 Å². The lowest BCUT2D eigenvalue weighted by Crippen LogP contribution is -2.43. The van der Waals surface area contributed by atoms with Crippen molar-refractivity contribution in [1.82, 2.24) is 9.80 Å². The lowest BCUT2D eigenvalue weighted by Gasteiger charge is -2.37. The van der Waals surface area contributed by atoms with Crippen molar-refractivity contribution >= 4 is 42.6 Å². The number of anilines is 1. The Morgan fingerprint density at radius 3 is 2.82 bits per heavy atom. The van der Waals surface area contributed by atoms with Crippen LogP contribution in [0.4, 0.5) is 5.69 Å². The van der Waals surface area contributed by atoms with Crippen LogP contribution >= 0.6 is 20.7 Å². The molecule has 1 fully saturated rings. The van der Waals surface area contributed by atoms with E-state index in [4.69, 9.17) is 0 Å². The number of rotatable bonds is 6. The second kappa shape index (κ2) is 8.00. The van der Waals surface area contributed by atoms with Crippen molar-refractivity contribution in [3.8, 4) is 0 Å². The Balaban J connectivity index is 1.74. The number of aliphatic hydroxyl groups excluding tert-OH is 1. The third kappa shape index (κ3) is 3.12. The van der Waals surface area contributed by atoms with Gasteiger partial charge in [-0.1, -0.05) is 40.0 Å². The Kier molecular flexibility index (Phi) is 5.45. The molecule has 4 rings (SSSR count). The van der Waals surface area contributed by atoms with Crippen molar-refractivity contribution < 1.29 is 9.90 Å². The van der Waals surface area contributed by atoms with E-state index in [9.17, 15) is 9.90 Å². The highest BCUT2D eigenvalue weighted by Crippen LogP contribution is 2.45. The molecule has 28 heavy (non-hydrogen) atoms. The largest absolute Gasteiger partial charge is 0.356 e. The van der Waals surface area contributed by atoms with E-state index < -0.39 is 27.1 Å². The summed E-state index contributed by atoms with van der Waals surface area (Å²) in [4.78, 5) is 22.5. The van der Waals surface area contributed by atoms with E-state index in [0.29, 0.717) is 0 Å². The van der Waals surface area contributed by atoms with E-state index in [1.807, 2.05) is 27.1 Å². The average molecular weight is 490 g/mol. The van der Waals surface area contributed by atoms with Crippen LogP contribution in [0.1, 0.15) is 41.2 Å². The fourth-order valence-electron chi connectivity index (χ4n) is 4.07. The van der Waals surface area contributed by atoms with Crippen LogP contribution in [0, 0.1) is 0 Å². The molecular weight excluding hydrogens is 467 g/mol. The molecule has 6 nitrogen and oxygen atoms in total. The Bertz CT molecular complexity index is 908. The normalized spacial score (nSPS) is 21.2. The Morgan fingerprint density at radius 1 is 1.29 bits per heavy atom. The van der Waals surface area contributed by atoms with Gasteiger partial charge in [0.1, 0.15) is 0 Å². The number of aliphatic hydroxyl groups is 1. The fraction of sp³-hybridized carbons (Fsp3) is 0.286. The molecule has 0 spiro atoms. The van der Waals surface area contributed by atoms with Crippen molar-refractivity contribution in [2.24, 2.45) is 4.99 Å². The zero-order valence-electron chi connectivity index (χ0n) is 15.5. The van der Waals surface area contributed by atoms with Gasteiger partial charge in [0.25, 0.3) is 5.91 Å². The summed E-state index contributed by atoms with van der Waals surface area (Å²) in [6.45, 7) is 8.59. The van der Waals surface area contributed by atoms with Crippen LogP contribution in [-0.4, -0.2) is 43.9 Å². The highest BCUT2D eigenvalue weighted by Gasteiger charge is 2.41. The van der Waals surface area contributed by atoms with Crippen LogP contribution < -0.4 is 4.90 Å². The first kappa shape index (κ1) is 19.1. The van der Waals surface area contributed by atoms with Gasteiger partial charge in [0.15, 0.2) is 0 Å². The number of hydrogen-bond donors (Lipinski definition) is 1. The van der Waals surface area contributed by atoms with Gasteiger partial charge in [-0.3, -0.25) is 14.7 Å². The summed E-state index contributed by atoms with van der Waals surface area (Å²) in [5.41, 5.74) is 2.54. The Morgan fingerprint density at radius 2 is 2.11 bits per heavy atom. The summed E-state index contributed by atoms with van der Waals surface area (Å²) in [5, 5.41) is 11.2. The second-order valence-corrected chi connectivity index (χ2v) is 9.21. The molecule has 1 saturated heterocycles. The first-order valence-electron chi connectivity index (χ1n) is 9.29. The summed E-state index contributed by atoms with van der Waals surface area (Å²) in [7, 11) is 0. The molecule has 0 aliphatic carbocycles. The minimum atomic E-state index is -1.01. The molecule has 1 N–H and O–H groups in total. The second-order valence-electron chi connectivity index (χ2n) is 6.76. The van der Waals surface area contributed by atoms with Gasteiger partial charge in [0.05, 0.1) is 21.6 Å². The van der Waals surface area contributed by atoms with E-state index in [2.05, 4.69) is 18.2 Å². The SMILES string of the molecule is C=CN(C1=CN=CC=I1)C(O)N(C=C)c1cccc2c1C1CCCCN1C2=O. The molecule has 2 unspecified atom stereocenters. The summed E-state index contributed by atoms with van der Waals surface area (Å²) in [6.07, 6.45) is 8.85. The number of carbonyl (C=O) groups excluding carboxylic acids is 1. The van der Waals surface area contributed by atoms with Gasteiger partial charge in [-0.15, -0.1) is 0 Å². The van der Waals surface area contributed by atoms with Gasteiger partial charge in [-0.25, -0.2) is 0 Å². The van der Waals surface area contributed by atoms with E-state index >= 15 is 0 Å². The zero-order valence-corrected chi connectivity index (χ0v) is 17.7. The Hall–Kier alpha value is -2.26. The molecule has 1 aromatic carbocycles. The maximum Gasteiger partial charge on any atom is 0.254 e. The van der Waals surface area contributed by atoms with Crippen molar-refractivity contribution in [2.75, 3.05) is 11.4 Å². The molecule has 3 heterocycles. The minimum absolute atomic E-state index is 0.0681. The third-order valence-corrected chi connectivity index (χ3v) is 7.48. The Labute approximate surface area is 174 Å². The molecule has 0 bridgehead atoms. The molecule has 2 atom stereocenters. The molecule has 3 aliphatic heterocycles. The van der Waals surface area contributed by atoms with Crippen LogP contribution in [-0.2, 0) is 0 Å². The van der Waals surface area contributed by atoms with Crippen molar-refractivity contribution in [1.29, 1.82) is 0 Å². The quantitative estimate of drug-likeness (QED) is 0.376. The van der Waals surface area contributed by atoms with E-state index in [1.165, 1.54) is 0 Å². The maximum absolute atomic E-state index is 12.9. The lowest BCUT2D eigenvalue weighted by atomic mass is 9.95. The highest BCUT2D eigenvalue weighted by molar-refractivity contribution is 14.2. The molecule has 1 amide bonds. The van der Waals surface area contributed by atoms with Gasteiger partial charge in [-0.05, 0) is 35.4 Å². The molecule has 0 aromatic heterocycles. The van der Waals surface area contributed by atoms with Crippen molar-refractivity contribution in [3.05, 3.63) is 64.8 Å². The van der Waals surface area contributed by atoms with Gasteiger partial charge in [-0.2, -0.15) is 0 Å². The molecule has 7 heteroatoms. The molecule has 3 aliphatic rings. The first-order chi connectivity index (χ1) is 13.7. The summed E-state index contributed by atoms with van der Waals surface area (Å²) >= 11 is -0.400. The smallest absolute Gasteiger partial charge is 0.254 e. The van der Waals surface area contributed by atoms with Crippen LogP contribution in [0.15, 0.2) is 58.7 Å². The average Bonchev–Trinajstić information content (AvgIpc) is 3.03. The monoisotopic (exact) mass is 490 g/mol. The number of amides is 1. The molecule has 1 aromatic rings. The summed E-state index contributed by atoms with van der Waals surface area (Å²) in [5.74, 6) is 0.0884. The minimum Gasteiger partial charge on any atom is -0.356 e.